The summed E-state index contributed by atoms with van der Waals surface area (Å²) in [4.78, 5) is 16.0. The van der Waals surface area contributed by atoms with Gasteiger partial charge < -0.3 is 14.5 Å². The van der Waals surface area contributed by atoms with Crippen LogP contribution >= 0.6 is 0 Å². The Morgan fingerprint density at radius 1 is 1.50 bits per heavy atom. The molecule has 18 heavy (non-hydrogen) atoms. The minimum absolute atomic E-state index is 0.00257. The molecule has 0 aromatic carbocycles. The average molecular weight is 254 g/mol. The van der Waals surface area contributed by atoms with Crippen LogP contribution in [0, 0.1) is 6.92 Å². The third-order valence-electron chi connectivity index (χ3n) is 2.51. The third kappa shape index (κ3) is 4.14. The lowest BCUT2D eigenvalue weighted by atomic mass is 10.3. The van der Waals surface area contributed by atoms with Crippen LogP contribution in [0.1, 0.15) is 49.3 Å². The van der Waals surface area contributed by atoms with Gasteiger partial charge in [0, 0.05) is 19.6 Å². The molecular formula is C13H22N2O3. The molecule has 1 aromatic rings. The summed E-state index contributed by atoms with van der Waals surface area (Å²) in [6, 6.07) is 0. The van der Waals surface area contributed by atoms with E-state index < -0.39 is 0 Å². The van der Waals surface area contributed by atoms with Gasteiger partial charge in [0.15, 0.2) is 5.89 Å². The minimum Gasteiger partial charge on any atom is -0.435 e. The first kappa shape index (κ1) is 14.7. The SMILES string of the molecule is CCCO[C@H](C)CNC(=O)c1oc(CC)nc1C. The molecule has 0 bridgehead atoms. The van der Waals surface area contributed by atoms with Crippen LogP contribution in [0.3, 0.4) is 0 Å². The zero-order chi connectivity index (χ0) is 13.5. The molecule has 0 fully saturated rings. The number of amides is 1. The molecule has 102 valence electrons. The normalized spacial score (nSPS) is 12.4. The molecule has 0 radical (unpaired) electrons. The number of nitrogens with one attached hydrogen (secondary N) is 1. The minimum atomic E-state index is -0.230. The van der Waals surface area contributed by atoms with Crippen LogP contribution < -0.4 is 5.32 Å². The van der Waals surface area contributed by atoms with Gasteiger partial charge in [-0.15, -0.1) is 0 Å². The second-order valence-electron chi connectivity index (χ2n) is 4.27. The van der Waals surface area contributed by atoms with E-state index in [4.69, 9.17) is 9.15 Å². The Kier molecular flexibility index (Phi) is 5.85. The van der Waals surface area contributed by atoms with Crippen LogP contribution in [0.5, 0.6) is 0 Å². The fourth-order valence-corrected chi connectivity index (χ4v) is 1.51. The number of hydrogen-bond acceptors (Lipinski definition) is 4. The molecule has 0 aliphatic heterocycles. The van der Waals surface area contributed by atoms with Crippen molar-refractivity contribution in [3.8, 4) is 0 Å². The highest BCUT2D eigenvalue weighted by Crippen LogP contribution is 2.10. The van der Waals surface area contributed by atoms with Crippen molar-refractivity contribution in [1.82, 2.24) is 10.3 Å². The van der Waals surface area contributed by atoms with Gasteiger partial charge in [0.25, 0.3) is 5.91 Å². The molecule has 1 aromatic heterocycles. The predicted molar refractivity (Wildman–Crippen MR) is 68.7 cm³/mol. The highest BCUT2D eigenvalue weighted by Gasteiger charge is 2.17. The summed E-state index contributed by atoms with van der Waals surface area (Å²) in [5.41, 5.74) is 0.631. The van der Waals surface area contributed by atoms with Crippen LogP contribution in [0.2, 0.25) is 0 Å². The van der Waals surface area contributed by atoms with Crippen LogP contribution in [0.15, 0.2) is 4.42 Å². The molecule has 1 N–H and O–H groups in total. The highest BCUT2D eigenvalue weighted by atomic mass is 16.5. The van der Waals surface area contributed by atoms with Crippen molar-refractivity contribution in [2.24, 2.45) is 0 Å². The standard InChI is InChI=1S/C13H22N2O3/c1-5-7-17-9(3)8-14-13(16)12-10(4)15-11(6-2)18-12/h9H,5-8H2,1-4H3,(H,14,16)/t9-/m1/s1. The summed E-state index contributed by atoms with van der Waals surface area (Å²) >= 11 is 0. The molecular weight excluding hydrogens is 232 g/mol. The van der Waals surface area contributed by atoms with Crippen molar-refractivity contribution >= 4 is 5.91 Å². The van der Waals surface area contributed by atoms with Gasteiger partial charge in [-0.05, 0) is 20.3 Å². The summed E-state index contributed by atoms with van der Waals surface area (Å²) in [5, 5.41) is 2.79. The number of aromatic nitrogens is 1. The Labute approximate surface area is 108 Å². The number of nitrogens with zero attached hydrogens (tertiary/aromatic N) is 1. The molecule has 0 aliphatic carbocycles. The lowest BCUT2D eigenvalue weighted by molar-refractivity contribution is 0.0614. The first-order chi connectivity index (χ1) is 8.58. The number of rotatable bonds is 7. The number of ether oxygens (including phenoxy) is 1. The summed E-state index contributed by atoms with van der Waals surface area (Å²) in [6.07, 6.45) is 1.66. The fraction of sp³-hybridized carbons (Fsp3) is 0.692. The second kappa shape index (κ2) is 7.16. The molecule has 1 atom stereocenters. The van der Waals surface area contributed by atoms with Gasteiger partial charge in [-0.2, -0.15) is 0 Å². The van der Waals surface area contributed by atoms with E-state index in [9.17, 15) is 4.79 Å². The second-order valence-corrected chi connectivity index (χ2v) is 4.27. The topological polar surface area (TPSA) is 64.4 Å². The molecule has 5 heteroatoms. The van der Waals surface area contributed by atoms with Gasteiger partial charge >= 0.3 is 0 Å². The van der Waals surface area contributed by atoms with Gasteiger partial charge in [0.1, 0.15) is 0 Å². The molecule has 0 unspecified atom stereocenters. The van der Waals surface area contributed by atoms with Gasteiger partial charge in [-0.25, -0.2) is 4.98 Å². The van der Waals surface area contributed by atoms with Crippen molar-refractivity contribution in [3.63, 3.8) is 0 Å². The average Bonchev–Trinajstić information content (AvgIpc) is 2.74. The van der Waals surface area contributed by atoms with E-state index >= 15 is 0 Å². The fourth-order valence-electron chi connectivity index (χ4n) is 1.51. The Balaban J connectivity index is 2.47. The lowest BCUT2D eigenvalue weighted by Crippen LogP contribution is -2.32. The maximum absolute atomic E-state index is 11.9. The molecule has 0 saturated heterocycles. The first-order valence-electron chi connectivity index (χ1n) is 6.44. The number of carbonyl (C=O) groups excluding carboxylic acids is 1. The van der Waals surface area contributed by atoms with Gasteiger partial charge in [0.05, 0.1) is 11.8 Å². The maximum Gasteiger partial charge on any atom is 0.289 e. The van der Waals surface area contributed by atoms with E-state index in [1.165, 1.54) is 0 Å². The Bertz CT molecular complexity index is 388. The van der Waals surface area contributed by atoms with Crippen LogP contribution in [0.4, 0.5) is 0 Å². The van der Waals surface area contributed by atoms with Gasteiger partial charge in [-0.3, -0.25) is 4.79 Å². The summed E-state index contributed by atoms with van der Waals surface area (Å²) < 4.78 is 10.8. The third-order valence-corrected chi connectivity index (χ3v) is 2.51. The quantitative estimate of drug-likeness (QED) is 0.809. The van der Waals surface area contributed by atoms with Gasteiger partial charge in [-0.1, -0.05) is 13.8 Å². The molecule has 0 spiro atoms. The Morgan fingerprint density at radius 2 is 2.22 bits per heavy atom. The predicted octanol–water partition coefficient (Wildman–Crippen LogP) is 2.09. The smallest absolute Gasteiger partial charge is 0.289 e. The number of carbonyl (C=O) groups is 1. The highest BCUT2D eigenvalue weighted by molar-refractivity contribution is 5.92. The Hall–Kier alpha value is -1.36. The lowest BCUT2D eigenvalue weighted by Gasteiger charge is -2.12. The molecule has 0 saturated carbocycles. The zero-order valence-corrected chi connectivity index (χ0v) is 11.6. The van der Waals surface area contributed by atoms with Crippen LogP contribution in [-0.4, -0.2) is 30.1 Å². The summed E-state index contributed by atoms with van der Waals surface area (Å²) in [6.45, 7) is 8.87. The van der Waals surface area contributed by atoms with Gasteiger partial charge in [0.2, 0.25) is 5.76 Å². The van der Waals surface area contributed by atoms with Crippen molar-refractivity contribution in [2.45, 2.75) is 46.6 Å². The van der Waals surface area contributed by atoms with Crippen molar-refractivity contribution in [1.29, 1.82) is 0 Å². The largest absolute Gasteiger partial charge is 0.435 e. The number of aryl methyl sites for hydroxylation is 2. The molecule has 1 amide bonds. The van der Waals surface area contributed by atoms with Crippen LogP contribution in [0.25, 0.3) is 0 Å². The molecule has 5 nitrogen and oxygen atoms in total. The number of hydrogen-bond donors (Lipinski definition) is 1. The summed E-state index contributed by atoms with van der Waals surface area (Å²) in [5.74, 6) is 0.661. The van der Waals surface area contributed by atoms with E-state index in [0.717, 1.165) is 6.42 Å². The molecule has 0 aliphatic rings. The van der Waals surface area contributed by atoms with E-state index in [0.29, 0.717) is 36.9 Å². The monoisotopic (exact) mass is 254 g/mol. The summed E-state index contributed by atoms with van der Waals surface area (Å²) in [7, 11) is 0. The van der Waals surface area contributed by atoms with Crippen molar-refractivity contribution in [3.05, 3.63) is 17.3 Å². The first-order valence-corrected chi connectivity index (χ1v) is 6.44. The van der Waals surface area contributed by atoms with E-state index in [-0.39, 0.29) is 12.0 Å². The van der Waals surface area contributed by atoms with Crippen molar-refractivity contribution < 1.29 is 13.9 Å². The van der Waals surface area contributed by atoms with E-state index in [1.54, 1.807) is 6.92 Å². The number of oxazole rings is 1. The van der Waals surface area contributed by atoms with Crippen LogP contribution in [-0.2, 0) is 11.2 Å². The zero-order valence-electron chi connectivity index (χ0n) is 11.6. The van der Waals surface area contributed by atoms with E-state index in [1.807, 2.05) is 13.8 Å². The Morgan fingerprint density at radius 3 is 2.78 bits per heavy atom. The van der Waals surface area contributed by atoms with E-state index in [2.05, 4.69) is 17.2 Å². The molecule has 1 heterocycles. The molecule has 1 rings (SSSR count). The maximum atomic E-state index is 11.9. The van der Waals surface area contributed by atoms with Crippen molar-refractivity contribution in [2.75, 3.05) is 13.2 Å².